The van der Waals surface area contributed by atoms with Crippen LogP contribution in [0.25, 0.3) is 6.08 Å². The minimum atomic E-state index is -0.982. The summed E-state index contributed by atoms with van der Waals surface area (Å²) in [5.41, 5.74) is 1.75. The highest BCUT2D eigenvalue weighted by atomic mass is 35.5. The smallest absolute Gasteiger partial charge is 0.328 e. The molecule has 4 nitrogen and oxygen atoms in total. The lowest BCUT2D eigenvalue weighted by atomic mass is 10.1. The van der Waals surface area contributed by atoms with E-state index in [2.05, 4.69) is 37.7 Å². The molecule has 0 saturated carbocycles. The van der Waals surface area contributed by atoms with Crippen LogP contribution in [0.15, 0.2) is 24.3 Å². The van der Waals surface area contributed by atoms with E-state index in [0.29, 0.717) is 16.6 Å². The summed E-state index contributed by atoms with van der Waals surface area (Å²) in [6, 6.07) is 6.07. The lowest BCUT2D eigenvalue weighted by Gasteiger charge is -2.32. The number of benzene rings is 1. The zero-order valence-corrected chi connectivity index (χ0v) is 13.8. The van der Waals surface area contributed by atoms with Crippen LogP contribution in [0.1, 0.15) is 19.4 Å². The van der Waals surface area contributed by atoms with E-state index >= 15 is 0 Å². The van der Waals surface area contributed by atoms with Gasteiger partial charge in [-0.1, -0.05) is 17.7 Å². The number of hydrogen-bond donors (Lipinski definition) is 1. The second-order valence-electron chi connectivity index (χ2n) is 5.27. The fraction of sp³-hybridized carbons (Fsp3) is 0.438. The highest BCUT2D eigenvalue weighted by Gasteiger charge is 2.14. The number of aliphatic carboxylic acids is 1. The average Bonchev–Trinajstić information content (AvgIpc) is 2.37. The third-order valence-corrected chi connectivity index (χ3v) is 3.55. The van der Waals surface area contributed by atoms with E-state index < -0.39 is 5.97 Å². The molecule has 1 unspecified atom stereocenters. The Balaban J connectivity index is 2.97. The minimum absolute atomic E-state index is 0.362. The Hall–Kier alpha value is -1.52. The van der Waals surface area contributed by atoms with Gasteiger partial charge in [-0.3, -0.25) is 0 Å². The highest BCUT2D eigenvalue weighted by molar-refractivity contribution is 6.32. The van der Waals surface area contributed by atoms with Gasteiger partial charge < -0.3 is 14.9 Å². The molecule has 1 atom stereocenters. The van der Waals surface area contributed by atoms with E-state index in [1.165, 1.54) is 6.08 Å². The van der Waals surface area contributed by atoms with Crippen molar-refractivity contribution in [2.75, 3.05) is 32.1 Å². The van der Waals surface area contributed by atoms with Crippen molar-refractivity contribution in [3.05, 3.63) is 34.9 Å². The van der Waals surface area contributed by atoms with Crippen LogP contribution in [-0.4, -0.2) is 49.2 Å². The van der Waals surface area contributed by atoms with Gasteiger partial charge in [0.25, 0.3) is 0 Å². The predicted octanol–water partition coefficient (Wildman–Crippen LogP) is 3.21. The number of carboxylic acids is 1. The van der Waals surface area contributed by atoms with E-state index in [1.54, 1.807) is 0 Å². The number of carbonyl (C=O) groups is 1. The van der Waals surface area contributed by atoms with E-state index in [9.17, 15) is 4.79 Å². The lowest BCUT2D eigenvalue weighted by molar-refractivity contribution is -0.131. The second kappa shape index (κ2) is 8.05. The molecule has 0 spiro atoms. The molecule has 0 bridgehead atoms. The second-order valence-corrected chi connectivity index (χ2v) is 5.68. The van der Waals surface area contributed by atoms with Gasteiger partial charge in [0, 0.05) is 35.9 Å². The van der Waals surface area contributed by atoms with Gasteiger partial charge in [-0.05, 0) is 51.7 Å². The van der Waals surface area contributed by atoms with E-state index in [1.807, 2.05) is 18.2 Å². The van der Waals surface area contributed by atoms with Crippen molar-refractivity contribution in [2.24, 2.45) is 0 Å². The SMILES string of the molecule is CCN(c1ccc(/C=C/C(=O)O)c(Cl)c1)C(C)CN(C)C. The fourth-order valence-corrected chi connectivity index (χ4v) is 2.60. The summed E-state index contributed by atoms with van der Waals surface area (Å²) < 4.78 is 0. The molecule has 116 valence electrons. The molecule has 0 fully saturated rings. The van der Waals surface area contributed by atoms with Gasteiger partial charge in [-0.25, -0.2) is 4.79 Å². The zero-order valence-electron chi connectivity index (χ0n) is 13.0. The van der Waals surface area contributed by atoms with Crippen LogP contribution in [0.5, 0.6) is 0 Å². The Kier molecular flexibility index (Phi) is 6.72. The number of hydrogen-bond acceptors (Lipinski definition) is 3. The summed E-state index contributed by atoms with van der Waals surface area (Å²) in [4.78, 5) is 15.0. The maximum Gasteiger partial charge on any atom is 0.328 e. The topological polar surface area (TPSA) is 43.8 Å². The molecule has 0 heterocycles. The highest BCUT2D eigenvalue weighted by Crippen LogP contribution is 2.26. The number of rotatable bonds is 7. The van der Waals surface area contributed by atoms with Crippen LogP contribution in [-0.2, 0) is 4.79 Å². The molecule has 1 rings (SSSR count). The Bertz CT molecular complexity index is 515. The summed E-state index contributed by atoms with van der Waals surface area (Å²) >= 11 is 6.24. The summed E-state index contributed by atoms with van der Waals surface area (Å²) in [5, 5.41) is 9.22. The molecule has 21 heavy (non-hydrogen) atoms. The molecule has 1 aromatic rings. The number of nitrogens with zero attached hydrogens (tertiary/aromatic N) is 2. The van der Waals surface area contributed by atoms with Crippen molar-refractivity contribution >= 4 is 29.3 Å². The van der Waals surface area contributed by atoms with Gasteiger partial charge in [0.05, 0.1) is 0 Å². The summed E-state index contributed by atoms with van der Waals surface area (Å²) in [7, 11) is 4.11. The molecule has 1 aromatic carbocycles. The number of halogens is 1. The molecule has 0 aromatic heterocycles. The van der Waals surface area contributed by atoms with Crippen molar-refractivity contribution in [3.63, 3.8) is 0 Å². The largest absolute Gasteiger partial charge is 0.478 e. The monoisotopic (exact) mass is 310 g/mol. The summed E-state index contributed by atoms with van der Waals surface area (Å²) in [6.07, 6.45) is 2.60. The zero-order chi connectivity index (χ0) is 16.0. The molecule has 0 amide bonds. The van der Waals surface area contributed by atoms with Gasteiger partial charge >= 0.3 is 5.97 Å². The molecule has 0 aliphatic carbocycles. The Morgan fingerprint density at radius 2 is 2.10 bits per heavy atom. The first kappa shape index (κ1) is 17.5. The van der Waals surface area contributed by atoms with Crippen LogP contribution >= 0.6 is 11.6 Å². The standard InChI is InChI=1S/C16H23ClN2O2/c1-5-19(12(2)11-18(3)4)14-8-6-13(15(17)10-14)7-9-16(20)21/h6-10,12H,5,11H2,1-4H3,(H,20,21)/b9-7+. The summed E-state index contributed by atoms with van der Waals surface area (Å²) in [5.74, 6) is -0.982. The molecule has 5 heteroatoms. The first-order valence-electron chi connectivity index (χ1n) is 6.97. The average molecular weight is 311 g/mol. The van der Waals surface area contributed by atoms with Crippen LogP contribution < -0.4 is 4.90 Å². The lowest BCUT2D eigenvalue weighted by Crippen LogP contribution is -2.40. The van der Waals surface area contributed by atoms with E-state index in [0.717, 1.165) is 24.9 Å². The molecule has 1 N–H and O–H groups in total. The van der Waals surface area contributed by atoms with Gasteiger partial charge in [-0.15, -0.1) is 0 Å². The maximum atomic E-state index is 10.6. The van der Waals surface area contributed by atoms with Crippen molar-refractivity contribution < 1.29 is 9.90 Å². The maximum absolute atomic E-state index is 10.6. The molecule has 0 radical (unpaired) electrons. The molecule has 0 aliphatic heterocycles. The molecule has 0 aliphatic rings. The van der Waals surface area contributed by atoms with Crippen LogP contribution in [0.4, 0.5) is 5.69 Å². The molecular weight excluding hydrogens is 288 g/mol. The van der Waals surface area contributed by atoms with E-state index in [4.69, 9.17) is 16.7 Å². The quantitative estimate of drug-likeness (QED) is 0.785. The predicted molar refractivity (Wildman–Crippen MR) is 89.2 cm³/mol. The molecule has 0 saturated heterocycles. The van der Waals surface area contributed by atoms with Crippen LogP contribution in [0.3, 0.4) is 0 Å². The minimum Gasteiger partial charge on any atom is -0.478 e. The van der Waals surface area contributed by atoms with Crippen molar-refractivity contribution in [3.8, 4) is 0 Å². The normalized spacial score (nSPS) is 12.9. The third-order valence-electron chi connectivity index (χ3n) is 3.22. The fourth-order valence-electron chi connectivity index (χ4n) is 2.37. The first-order valence-corrected chi connectivity index (χ1v) is 7.34. The van der Waals surface area contributed by atoms with Gasteiger partial charge in [0.1, 0.15) is 0 Å². The van der Waals surface area contributed by atoms with Crippen molar-refractivity contribution in [1.29, 1.82) is 0 Å². The van der Waals surface area contributed by atoms with Gasteiger partial charge in [0.2, 0.25) is 0 Å². The van der Waals surface area contributed by atoms with Gasteiger partial charge in [-0.2, -0.15) is 0 Å². The van der Waals surface area contributed by atoms with Gasteiger partial charge in [0.15, 0.2) is 0 Å². The summed E-state index contributed by atoms with van der Waals surface area (Å²) in [6.45, 7) is 6.12. The van der Waals surface area contributed by atoms with Crippen molar-refractivity contribution in [2.45, 2.75) is 19.9 Å². The Labute approximate surface area is 131 Å². The third kappa shape index (κ3) is 5.40. The van der Waals surface area contributed by atoms with Crippen LogP contribution in [0, 0.1) is 0 Å². The Morgan fingerprint density at radius 3 is 2.57 bits per heavy atom. The first-order chi connectivity index (χ1) is 9.85. The Morgan fingerprint density at radius 1 is 1.43 bits per heavy atom. The number of carboxylic acid groups (broad SMARTS) is 1. The van der Waals surface area contributed by atoms with Crippen molar-refractivity contribution in [1.82, 2.24) is 4.90 Å². The number of likely N-dealkylation sites (N-methyl/N-ethyl adjacent to an activating group) is 2. The molecular formula is C16H23ClN2O2. The number of anilines is 1. The van der Waals surface area contributed by atoms with E-state index in [-0.39, 0.29) is 0 Å². The van der Waals surface area contributed by atoms with Crippen LogP contribution in [0.2, 0.25) is 5.02 Å².